The number of carbonyl (C=O) groups is 1. The van der Waals surface area contributed by atoms with Crippen LogP contribution < -0.4 is 4.90 Å². The van der Waals surface area contributed by atoms with Crippen LogP contribution in [0.25, 0.3) is 0 Å². The van der Waals surface area contributed by atoms with Crippen molar-refractivity contribution in [2.24, 2.45) is 4.99 Å². The van der Waals surface area contributed by atoms with E-state index in [1.807, 2.05) is 11.9 Å². The lowest BCUT2D eigenvalue weighted by molar-refractivity contribution is -0.117. The van der Waals surface area contributed by atoms with E-state index in [4.69, 9.17) is 4.99 Å². The number of aliphatic imine (C=N–C) groups is 1. The molecule has 1 aliphatic heterocycles. The van der Waals surface area contributed by atoms with Gasteiger partial charge in [0, 0.05) is 19.2 Å². The van der Waals surface area contributed by atoms with Gasteiger partial charge in [-0.2, -0.15) is 0 Å². The highest BCUT2D eigenvalue weighted by Crippen LogP contribution is 2.36. The highest BCUT2D eigenvalue weighted by Gasteiger charge is 2.41. The summed E-state index contributed by atoms with van der Waals surface area (Å²) in [6, 6.07) is 6.85. The van der Waals surface area contributed by atoms with E-state index in [0.717, 1.165) is 18.0 Å². The van der Waals surface area contributed by atoms with E-state index in [1.54, 1.807) is 34.9 Å². The minimum atomic E-state index is -0.373. The molecule has 1 heterocycles. The molecular weight excluding hydrogens is 349 g/mol. The molecule has 1 aromatic rings. The van der Waals surface area contributed by atoms with Crippen LogP contribution in [0.5, 0.6) is 0 Å². The molecule has 1 aromatic carbocycles. The maximum Gasteiger partial charge on any atom is 0.225 e. The molecule has 0 radical (unpaired) electrons. The predicted molar refractivity (Wildman–Crippen MR) is 107 cm³/mol. The van der Waals surface area contributed by atoms with E-state index < -0.39 is 0 Å². The Morgan fingerprint density at radius 3 is 2.50 bits per heavy atom. The first-order valence-electron chi connectivity index (χ1n) is 9.50. The second kappa shape index (κ2) is 8.42. The molecule has 2 fully saturated rings. The average Bonchev–Trinajstić information content (AvgIpc) is 2.79. The monoisotopic (exact) mass is 377 g/mol. The standard InChI is InChI=1S/C20H28FN3OS/c1-14-19(24(15(2)25)18-13-9-8-12-17(18)21)23(3)20(26-14)22-16-10-6-4-5-7-11-16/h8-9,12-14,16,19H,4-7,10-11H2,1-3H3. The van der Waals surface area contributed by atoms with E-state index in [2.05, 4.69) is 6.92 Å². The molecule has 2 unspecified atom stereocenters. The Kier molecular flexibility index (Phi) is 6.22. The van der Waals surface area contributed by atoms with Gasteiger partial charge >= 0.3 is 0 Å². The van der Waals surface area contributed by atoms with Gasteiger partial charge in [-0.3, -0.25) is 14.7 Å². The Balaban J connectivity index is 1.87. The van der Waals surface area contributed by atoms with Crippen LogP contribution in [0.4, 0.5) is 10.1 Å². The van der Waals surface area contributed by atoms with Crippen LogP contribution in [0, 0.1) is 5.82 Å². The molecule has 0 aromatic heterocycles. The summed E-state index contributed by atoms with van der Waals surface area (Å²) in [7, 11) is 1.97. The van der Waals surface area contributed by atoms with E-state index in [-0.39, 0.29) is 23.1 Å². The quantitative estimate of drug-likeness (QED) is 0.719. The molecule has 1 aliphatic carbocycles. The molecule has 2 atom stereocenters. The lowest BCUT2D eigenvalue weighted by Crippen LogP contribution is -2.51. The van der Waals surface area contributed by atoms with Gasteiger partial charge in [0.1, 0.15) is 12.0 Å². The van der Waals surface area contributed by atoms with Crippen LogP contribution in [-0.2, 0) is 4.79 Å². The molecule has 0 spiro atoms. The molecular formula is C20H28FN3OS. The topological polar surface area (TPSA) is 35.9 Å². The summed E-state index contributed by atoms with van der Waals surface area (Å²) in [6.45, 7) is 3.58. The molecule has 0 bridgehead atoms. The van der Waals surface area contributed by atoms with Crippen LogP contribution in [-0.4, -0.2) is 40.5 Å². The number of para-hydroxylation sites is 1. The number of hydrogen-bond donors (Lipinski definition) is 0. The Labute approximate surface area is 159 Å². The Hall–Kier alpha value is -1.56. The van der Waals surface area contributed by atoms with Gasteiger partial charge in [-0.05, 0) is 31.9 Å². The summed E-state index contributed by atoms with van der Waals surface area (Å²) in [5.41, 5.74) is 0.333. The fraction of sp³-hybridized carbons (Fsp3) is 0.600. The van der Waals surface area contributed by atoms with E-state index in [1.165, 1.54) is 38.7 Å². The minimum Gasteiger partial charge on any atom is -0.333 e. The van der Waals surface area contributed by atoms with Gasteiger partial charge in [0.05, 0.1) is 11.7 Å². The zero-order chi connectivity index (χ0) is 18.7. The van der Waals surface area contributed by atoms with Gasteiger partial charge in [0.25, 0.3) is 0 Å². The third-order valence-corrected chi connectivity index (χ3v) is 6.46. The van der Waals surface area contributed by atoms with Crippen LogP contribution in [0.1, 0.15) is 52.4 Å². The number of amidine groups is 1. The Bertz CT molecular complexity index is 673. The van der Waals surface area contributed by atoms with Crippen LogP contribution >= 0.6 is 11.8 Å². The zero-order valence-corrected chi connectivity index (χ0v) is 16.6. The molecule has 2 aliphatic rings. The maximum absolute atomic E-state index is 14.4. The number of halogens is 1. The number of anilines is 1. The molecule has 6 heteroatoms. The fourth-order valence-electron chi connectivity index (χ4n) is 3.93. The third-order valence-electron chi connectivity index (χ3n) is 5.24. The lowest BCUT2D eigenvalue weighted by atomic mass is 10.1. The van der Waals surface area contributed by atoms with Crippen molar-refractivity contribution in [1.82, 2.24) is 4.90 Å². The van der Waals surface area contributed by atoms with E-state index in [9.17, 15) is 9.18 Å². The van der Waals surface area contributed by atoms with Crippen molar-refractivity contribution >= 4 is 28.5 Å². The summed E-state index contributed by atoms with van der Waals surface area (Å²) in [4.78, 5) is 21.0. The van der Waals surface area contributed by atoms with Gasteiger partial charge in [-0.15, -0.1) is 0 Å². The van der Waals surface area contributed by atoms with Crippen molar-refractivity contribution < 1.29 is 9.18 Å². The Morgan fingerprint density at radius 1 is 1.23 bits per heavy atom. The summed E-state index contributed by atoms with van der Waals surface area (Å²) in [5, 5.41) is 1.09. The number of benzene rings is 1. The van der Waals surface area contributed by atoms with Crippen LogP contribution in [0.2, 0.25) is 0 Å². The van der Waals surface area contributed by atoms with E-state index >= 15 is 0 Å². The van der Waals surface area contributed by atoms with Gasteiger partial charge in [0.2, 0.25) is 5.91 Å². The largest absolute Gasteiger partial charge is 0.333 e. The summed E-state index contributed by atoms with van der Waals surface area (Å²) in [6.07, 6.45) is 7.12. The first-order valence-corrected chi connectivity index (χ1v) is 10.4. The van der Waals surface area contributed by atoms with Crippen LogP contribution in [0.3, 0.4) is 0 Å². The molecule has 3 rings (SSSR count). The van der Waals surface area contributed by atoms with Gasteiger partial charge in [-0.25, -0.2) is 4.39 Å². The Morgan fingerprint density at radius 2 is 1.88 bits per heavy atom. The van der Waals surface area contributed by atoms with Gasteiger partial charge < -0.3 is 4.90 Å². The smallest absolute Gasteiger partial charge is 0.225 e. The molecule has 1 saturated heterocycles. The van der Waals surface area contributed by atoms with Gasteiger partial charge in [-0.1, -0.05) is 49.6 Å². The lowest BCUT2D eigenvalue weighted by Gasteiger charge is -2.35. The van der Waals surface area contributed by atoms with Crippen molar-refractivity contribution in [2.75, 3.05) is 11.9 Å². The normalized spacial score (nSPS) is 26.2. The highest BCUT2D eigenvalue weighted by molar-refractivity contribution is 8.14. The first-order chi connectivity index (χ1) is 12.5. The highest BCUT2D eigenvalue weighted by atomic mass is 32.2. The summed E-state index contributed by atoms with van der Waals surface area (Å²) < 4.78 is 14.4. The minimum absolute atomic E-state index is 0.119. The predicted octanol–water partition coefficient (Wildman–Crippen LogP) is 4.65. The summed E-state index contributed by atoms with van der Waals surface area (Å²) in [5.74, 6) is -0.530. The van der Waals surface area contributed by atoms with Crippen molar-refractivity contribution in [3.05, 3.63) is 30.1 Å². The third kappa shape index (κ3) is 4.05. The zero-order valence-electron chi connectivity index (χ0n) is 15.8. The van der Waals surface area contributed by atoms with Crippen molar-refractivity contribution in [2.45, 2.75) is 69.8 Å². The second-order valence-electron chi connectivity index (χ2n) is 7.24. The number of carbonyl (C=O) groups excluding carboxylic acids is 1. The van der Waals surface area contributed by atoms with Crippen molar-refractivity contribution in [1.29, 1.82) is 0 Å². The molecule has 4 nitrogen and oxygen atoms in total. The number of amides is 1. The number of hydrogen-bond acceptors (Lipinski definition) is 3. The molecule has 26 heavy (non-hydrogen) atoms. The van der Waals surface area contributed by atoms with Crippen LogP contribution in [0.15, 0.2) is 29.3 Å². The second-order valence-corrected chi connectivity index (χ2v) is 8.59. The van der Waals surface area contributed by atoms with Crippen molar-refractivity contribution in [3.63, 3.8) is 0 Å². The number of rotatable bonds is 3. The first kappa shape index (κ1) is 19.2. The SMILES string of the molecule is CC(=O)N(c1ccccc1F)C1C(C)SC(=NC2CCCCCC2)N1C. The molecule has 1 amide bonds. The van der Waals surface area contributed by atoms with Crippen molar-refractivity contribution in [3.8, 4) is 0 Å². The van der Waals surface area contributed by atoms with E-state index in [0.29, 0.717) is 11.7 Å². The van der Waals surface area contributed by atoms with Gasteiger partial charge in [0.15, 0.2) is 5.17 Å². The number of nitrogens with zero attached hydrogens (tertiary/aromatic N) is 3. The number of thioether (sulfide) groups is 1. The summed E-state index contributed by atoms with van der Waals surface area (Å²) >= 11 is 1.69. The molecule has 142 valence electrons. The molecule has 1 saturated carbocycles. The average molecular weight is 378 g/mol. The molecule has 0 N–H and O–H groups in total. The maximum atomic E-state index is 14.4. The fourth-order valence-corrected chi connectivity index (χ4v) is 5.17.